The Balaban J connectivity index is 3.16. The highest BCUT2D eigenvalue weighted by Gasteiger charge is 2.23. The van der Waals surface area contributed by atoms with E-state index in [1.807, 2.05) is 26.0 Å². The molecule has 5 N–H and O–H groups in total. The lowest BCUT2D eigenvalue weighted by molar-refractivity contribution is -0.0430. The summed E-state index contributed by atoms with van der Waals surface area (Å²) >= 11 is 0. The first-order valence-electron chi connectivity index (χ1n) is 13.2. The van der Waals surface area contributed by atoms with E-state index >= 15 is 0 Å². The smallest absolute Gasteiger partial charge is 0.180 e. The molecule has 0 aliphatic carbocycles. The number of allylic oxidation sites excluding steroid dienone is 5. The minimum Gasteiger partial charge on any atom is -0.394 e. The summed E-state index contributed by atoms with van der Waals surface area (Å²) in [5, 5.41) is 50.4. The Bertz CT molecular complexity index is 819. The first-order chi connectivity index (χ1) is 16.7. The molecule has 0 saturated heterocycles. The van der Waals surface area contributed by atoms with Crippen molar-refractivity contribution in [2.24, 2.45) is 5.92 Å². The molecule has 0 aliphatic rings. The number of unbranched alkanes of at least 4 members (excludes halogenated alkanes) is 4. The predicted octanol–water partition coefficient (Wildman–Crippen LogP) is 5.78. The van der Waals surface area contributed by atoms with Crippen LogP contribution in [-0.4, -0.2) is 43.0 Å². The van der Waals surface area contributed by atoms with Crippen LogP contribution in [0.1, 0.15) is 116 Å². The molecule has 6 nitrogen and oxygen atoms in total. The standard InChI is InChI=1S/C29H49NO5/c1-6-9-10-11-12-13-22(5)14-15-23(8-3)17-25(28(32)33)26-18-30(19-27(26)29(34)35)24(20-31)16-21(4)7-2/h7,14,17-19,23-24,28-29,31-35H,6,8-13,15-16,20H2,1-5H3/b21-7+,22-14+,25-17+. The third-order valence-corrected chi connectivity index (χ3v) is 6.81. The highest BCUT2D eigenvalue weighted by atomic mass is 16.5. The predicted molar refractivity (Wildman–Crippen MR) is 144 cm³/mol. The van der Waals surface area contributed by atoms with E-state index in [0.717, 1.165) is 24.8 Å². The second-order valence-corrected chi connectivity index (χ2v) is 9.74. The van der Waals surface area contributed by atoms with Crippen LogP contribution in [0.4, 0.5) is 0 Å². The molecule has 1 heterocycles. The van der Waals surface area contributed by atoms with Gasteiger partial charge in [-0.25, -0.2) is 0 Å². The van der Waals surface area contributed by atoms with E-state index in [4.69, 9.17) is 0 Å². The van der Waals surface area contributed by atoms with Gasteiger partial charge in [0.25, 0.3) is 0 Å². The minimum absolute atomic E-state index is 0.0767. The van der Waals surface area contributed by atoms with Gasteiger partial charge in [0.2, 0.25) is 0 Å². The molecule has 0 spiro atoms. The molecule has 200 valence electrons. The fraction of sp³-hybridized carbons (Fsp3) is 0.655. The number of hydrogen-bond acceptors (Lipinski definition) is 5. The molecule has 1 aromatic rings. The molecule has 1 aromatic heterocycles. The van der Waals surface area contributed by atoms with Crippen LogP contribution in [0, 0.1) is 5.92 Å². The molecule has 0 radical (unpaired) electrons. The van der Waals surface area contributed by atoms with Crippen LogP contribution >= 0.6 is 0 Å². The molecule has 0 saturated carbocycles. The van der Waals surface area contributed by atoms with Gasteiger partial charge < -0.3 is 30.1 Å². The number of aromatic nitrogens is 1. The fourth-order valence-corrected chi connectivity index (χ4v) is 4.29. The van der Waals surface area contributed by atoms with E-state index in [-0.39, 0.29) is 29.7 Å². The monoisotopic (exact) mass is 491 g/mol. The van der Waals surface area contributed by atoms with E-state index < -0.39 is 12.6 Å². The Morgan fingerprint density at radius 2 is 1.66 bits per heavy atom. The quantitative estimate of drug-likeness (QED) is 0.108. The number of aliphatic hydroxyl groups excluding tert-OH is 3. The van der Waals surface area contributed by atoms with Crippen molar-refractivity contribution in [3.63, 3.8) is 0 Å². The summed E-state index contributed by atoms with van der Waals surface area (Å²) in [5.74, 6) is 0.0767. The lowest BCUT2D eigenvalue weighted by Gasteiger charge is -2.17. The van der Waals surface area contributed by atoms with Crippen LogP contribution in [0.2, 0.25) is 0 Å². The molecule has 0 aromatic carbocycles. The second-order valence-electron chi connectivity index (χ2n) is 9.74. The van der Waals surface area contributed by atoms with Gasteiger partial charge in [-0.2, -0.15) is 0 Å². The van der Waals surface area contributed by atoms with Crippen LogP contribution in [0.25, 0.3) is 5.57 Å². The van der Waals surface area contributed by atoms with Gasteiger partial charge in [0.15, 0.2) is 12.6 Å². The summed E-state index contributed by atoms with van der Waals surface area (Å²) < 4.78 is 1.73. The van der Waals surface area contributed by atoms with Gasteiger partial charge in [-0.3, -0.25) is 0 Å². The van der Waals surface area contributed by atoms with Crippen LogP contribution in [0.15, 0.2) is 41.8 Å². The lowest BCUT2D eigenvalue weighted by Crippen LogP contribution is -2.13. The lowest BCUT2D eigenvalue weighted by atomic mass is 9.93. The van der Waals surface area contributed by atoms with Crippen molar-refractivity contribution in [3.8, 4) is 0 Å². The van der Waals surface area contributed by atoms with E-state index in [0.29, 0.717) is 12.0 Å². The van der Waals surface area contributed by atoms with Gasteiger partial charge in [0.1, 0.15) is 0 Å². The highest BCUT2D eigenvalue weighted by Crippen LogP contribution is 2.32. The van der Waals surface area contributed by atoms with Crippen molar-refractivity contribution in [1.82, 2.24) is 4.57 Å². The molecule has 6 heteroatoms. The maximum absolute atomic E-state index is 10.2. The van der Waals surface area contributed by atoms with Gasteiger partial charge in [0.05, 0.1) is 12.6 Å². The normalized spacial score (nSPS) is 15.4. The summed E-state index contributed by atoms with van der Waals surface area (Å²) in [5.41, 5.74) is 3.27. The van der Waals surface area contributed by atoms with Crippen LogP contribution in [0.5, 0.6) is 0 Å². The van der Waals surface area contributed by atoms with E-state index in [1.54, 1.807) is 17.0 Å². The summed E-state index contributed by atoms with van der Waals surface area (Å²) in [6.45, 7) is 10.2. The molecule has 0 amide bonds. The zero-order valence-electron chi connectivity index (χ0n) is 22.5. The molecule has 2 atom stereocenters. The maximum atomic E-state index is 10.2. The Labute approximate surface area is 212 Å². The van der Waals surface area contributed by atoms with Crippen molar-refractivity contribution in [2.45, 2.75) is 111 Å². The Hall–Kier alpha value is -1.70. The first kappa shape index (κ1) is 31.3. The minimum atomic E-state index is -1.77. The average Bonchev–Trinajstić information content (AvgIpc) is 3.27. The second kappa shape index (κ2) is 16.9. The molecular weight excluding hydrogens is 442 g/mol. The molecule has 0 fully saturated rings. The van der Waals surface area contributed by atoms with Gasteiger partial charge in [-0.05, 0) is 58.8 Å². The Morgan fingerprint density at radius 3 is 2.20 bits per heavy atom. The van der Waals surface area contributed by atoms with Crippen LogP contribution in [-0.2, 0) is 0 Å². The molecule has 0 aliphatic heterocycles. The van der Waals surface area contributed by atoms with Gasteiger partial charge in [0, 0.05) is 29.1 Å². The topological polar surface area (TPSA) is 106 Å². The summed E-state index contributed by atoms with van der Waals surface area (Å²) in [6, 6.07) is -0.292. The zero-order chi connectivity index (χ0) is 26.4. The first-order valence-corrected chi connectivity index (χ1v) is 13.2. The van der Waals surface area contributed by atoms with Gasteiger partial charge in [-0.15, -0.1) is 0 Å². The third-order valence-electron chi connectivity index (χ3n) is 6.81. The number of hydrogen-bond donors (Lipinski definition) is 5. The molecule has 0 bridgehead atoms. The third kappa shape index (κ3) is 10.8. The SMILES string of the molecule is C/C=C(\C)CC(CO)n1cc(/C(=C\C(CC)C/C=C(\C)CCCCCCC)C(O)O)c(C(O)O)c1. The van der Waals surface area contributed by atoms with Crippen molar-refractivity contribution in [1.29, 1.82) is 0 Å². The number of rotatable bonds is 17. The summed E-state index contributed by atoms with van der Waals surface area (Å²) in [4.78, 5) is 0. The van der Waals surface area contributed by atoms with E-state index in [2.05, 4.69) is 26.8 Å². The van der Waals surface area contributed by atoms with Crippen molar-refractivity contribution < 1.29 is 25.5 Å². The van der Waals surface area contributed by atoms with Crippen LogP contribution in [0.3, 0.4) is 0 Å². The van der Waals surface area contributed by atoms with Gasteiger partial charge >= 0.3 is 0 Å². The largest absolute Gasteiger partial charge is 0.394 e. The summed E-state index contributed by atoms with van der Waals surface area (Å²) in [6.07, 6.45) is 15.3. The van der Waals surface area contributed by atoms with Crippen molar-refractivity contribution in [2.75, 3.05) is 6.61 Å². The molecule has 35 heavy (non-hydrogen) atoms. The maximum Gasteiger partial charge on any atom is 0.180 e. The van der Waals surface area contributed by atoms with Gasteiger partial charge in [-0.1, -0.05) is 68.9 Å². The molecule has 2 unspecified atom stereocenters. The molecular formula is C29H49NO5. The number of nitrogens with zero attached hydrogens (tertiary/aromatic N) is 1. The summed E-state index contributed by atoms with van der Waals surface area (Å²) in [7, 11) is 0. The Kier molecular flexibility index (Phi) is 15.1. The molecule has 1 rings (SSSR count). The van der Waals surface area contributed by atoms with E-state index in [1.165, 1.54) is 37.7 Å². The van der Waals surface area contributed by atoms with E-state index in [9.17, 15) is 25.5 Å². The zero-order valence-corrected chi connectivity index (χ0v) is 22.5. The van der Waals surface area contributed by atoms with Crippen molar-refractivity contribution >= 4 is 5.57 Å². The Morgan fingerprint density at radius 1 is 0.971 bits per heavy atom. The highest BCUT2D eigenvalue weighted by molar-refractivity contribution is 5.70. The van der Waals surface area contributed by atoms with Crippen LogP contribution < -0.4 is 0 Å². The number of aliphatic hydroxyl groups is 5. The average molecular weight is 492 g/mol. The fourth-order valence-electron chi connectivity index (χ4n) is 4.29. The van der Waals surface area contributed by atoms with Crippen molar-refractivity contribution in [3.05, 3.63) is 52.9 Å².